The molecular weight excluding hydrogens is 284 g/mol. The van der Waals surface area contributed by atoms with Gasteiger partial charge in [0.05, 0.1) is 6.20 Å². The predicted molar refractivity (Wildman–Crippen MR) is 85.7 cm³/mol. The van der Waals surface area contributed by atoms with Gasteiger partial charge in [-0.05, 0) is 18.6 Å². The third-order valence-corrected chi connectivity index (χ3v) is 3.05. The molecule has 0 saturated carbocycles. The summed E-state index contributed by atoms with van der Waals surface area (Å²) in [5.41, 5.74) is 2.25. The van der Waals surface area contributed by atoms with Crippen LogP contribution in [-0.2, 0) is 4.79 Å². The number of halogens is 1. The molecule has 2 aliphatic rings. The Kier molecular flexibility index (Phi) is 5.29. The second-order valence-electron chi connectivity index (χ2n) is 4.22. The highest BCUT2D eigenvalue weighted by molar-refractivity contribution is 6.33. The average molecular weight is 299 g/mol. The second-order valence-corrected chi connectivity index (χ2v) is 4.63. The molecule has 0 aliphatic carbocycles. The van der Waals surface area contributed by atoms with Gasteiger partial charge in [-0.1, -0.05) is 60.1 Å². The van der Waals surface area contributed by atoms with Crippen molar-refractivity contribution in [3.05, 3.63) is 72.1 Å². The number of imidazole rings is 1. The number of nitrogens with zero attached hydrogens (tertiary/aromatic N) is 2. The zero-order valence-electron chi connectivity index (χ0n) is 11.6. The predicted octanol–water partition coefficient (Wildman–Crippen LogP) is 4.40. The lowest BCUT2D eigenvalue weighted by Crippen LogP contribution is -1.81. The van der Waals surface area contributed by atoms with Gasteiger partial charge >= 0.3 is 0 Å². The Morgan fingerprint density at radius 1 is 1.05 bits per heavy atom. The van der Waals surface area contributed by atoms with Crippen molar-refractivity contribution in [3.8, 4) is 16.9 Å². The number of fused-ring (bicyclic) bond motifs is 1. The van der Waals surface area contributed by atoms with E-state index in [0.717, 1.165) is 28.3 Å². The molecule has 2 aromatic rings. The zero-order chi connectivity index (χ0) is 15.1. The van der Waals surface area contributed by atoms with E-state index >= 15 is 0 Å². The first kappa shape index (κ1) is 15.0. The third-order valence-electron chi connectivity index (χ3n) is 2.72. The maximum Gasteiger partial charge on any atom is 0.156 e. The minimum absolute atomic E-state index is 0.750. The van der Waals surface area contributed by atoms with Crippen LogP contribution in [0.25, 0.3) is 16.9 Å². The van der Waals surface area contributed by atoms with Gasteiger partial charge < -0.3 is 4.79 Å². The minimum Gasteiger partial charge on any atom is -0.304 e. The lowest BCUT2D eigenvalue weighted by atomic mass is 10.1. The quantitative estimate of drug-likeness (QED) is 0.488. The Labute approximate surface area is 128 Å². The molecule has 0 aromatic heterocycles. The van der Waals surface area contributed by atoms with Gasteiger partial charge in [-0.25, -0.2) is 4.98 Å². The first-order chi connectivity index (χ1) is 10.3. The molecule has 0 radical (unpaired) electrons. The van der Waals surface area contributed by atoms with Gasteiger partial charge in [0.1, 0.15) is 12.6 Å². The summed E-state index contributed by atoms with van der Waals surface area (Å²) >= 11 is 6.06. The maximum atomic E-state index is 8.81. The molecule has 4 rings (SSSR count). The zero-order valence-corrected chi connectivity index (χ0v) is 12.4. The highest BCUT2D eigenvalue weighted by Gasteiger charge is 2.10. The van der Waals surface area contributed by atoms with Crippen LogP contribution in [0, 0.1) is 0 Å². The normalized spacial score (nSPS) is 9.62. The molecule has 2 aromatic carbocycles. The summed E-state index contributed by atoms with van der Waals surface area (Å²) in [6.45, 7) is 1.44. The molecule has 0 saturated heterocycles. The van der Waals surface area contributed by atoms with Gasteiger partial charge in [-0.3, -0.25) is 4.57 Å². The number of hydrogen-bond acceptors (Lipinski definition) is 2. The Morgan fingerprint density at radius 3 is 2.05 bits per heavy atom. The van der Waals surface area contributed by atoms with Crippen molar-refractivity contribution >= 4 is 17.9 Å². The highest BCUT2D eigenvalue weighted by atomic mass is 35.5. The Bertz CT molecular complexity index is 684. The van der Waals surface area contributed by atoms with Gasteiger partial charge in [0.25, 0.3) is 0 Å². The number of hydrogen-bond donors (Lipinski definition) is 0. The van der Waals surface area contributed by atoms with Crippen molar-refractivity contribution < 1.29 is 4.79 Å². The van der Waals surface area contributed by atoms with Gasteiger partial charge in [-0.2, -0.15) is 0 Å². The molecular formula is C17H15ClN2O. The van der Waals surface area contributed by atoms with Crippen LogP contribution in [0.5, 0.6) is 0 Å². The fraction of sp³-hybridized carbons (Fsp3) is 0.0588. The molecule has 0 fully saturated rings. The molecule has 0 bridgehead atoms. The number of aldehydes is 1. The van der Waals surface area contributed by atoms with Crippen molar-refractivity contribution in [2.45, 2.75) is 6.92 Å². The van der Waals surface area contributed by atoms with Crippen molar-refractivity contribution in [2.75, 3.05) is 0 Å². The van der Waals surface area contributed by atoms with E-state index in [-0.39, 0.29) is 0 Å². The SMILES string of the molecule is CC=O.Clc1ccccc1-c1ccccc1.c1nc2cn1-2. The van der Waals surface area contributed by atoms with E-state index in [0.29, 0.717) is 0 Å². The van der Waals surface area contributed by atoms with Crippen molar-refractivity contribution in [1.82, 2.24) is 9.55 Å². The van der Waals surface area contributed by atoms with Gasteiger partial charge in [-0.15, -0.1) is 0 Å². The molecule has 0 spiro atoms. The monoisotopic (exact) mass is 298 g/mol. The molecule has 106 valence electrons. The van der Waals surface area contributed by atoms with Gasteiger partial charge in [0.15, 0.2) is 5.82 Å². The van der Waals surface area contributed by atoms with Crippen LogP contribution < -0.4 is 0 Å². The van der Waals surface area contributed by atoms with E-state index in [1.807, 2.05) is 53.2 Å². The van der Waals surface area contributed by atoms with Crippen molar-refractivity contribution in [1.29, 1.82) is 0 Å². The van der Waals surface area contributed by atoms with E-state index in [1.54, 1.807) is 6.33 Å². The van der Waals surface area contributed by atoms with Crippen LogP contribution >= 0.6 is 11.6 Å². The van der Waals surface area contributed by atoms with Crippen LogP contribution in [0.4, 0.5) is 0 Å². The molecule has 21 heavy (non-hydrogen) atoms. The minimum atomic E-state index is 0.750. The Morgan fingerprint density at radius 2 is 1.62 bits per heavy atom. The summed E-state index contributed by atoms with van der Waals surface area (Å²) in [7, 11) is 0. The molecule has 2 aliphatic heterocycles. The van der Waals surface area contributed by atoms with Gasteiger partial charge in [0, 0.05) is 10.6 Å². The molecule has 0 atom stereocenters. The summed E-state index contributed by atoms with van der Waals surface area (Å²) < 4.78 is 1.97. The maximum absolute atomic E-state index is 8.81. The van der Waals surface area contributed by atoms with Gasteiger partial charge in [0.2, 0.25) is 0 Å². The summed E-state index contributed by atoms with van der Waals surface area (Å²) in [6.07, 6.45) is 4.51. The van der Waals surface area contributed by atoms with Crippen LogP contribution in [0.3, 0.4) is 0 Å². The third kappa shape index (κ3) is 4.29. The lowest BCUT2D eigenvalue weighted by Gasteiger charge is -2.02. The standard InChI is InChI=1S/C12H9Cl.C3H2N2.C2H4O/c13-12-9-5-4-8-11(12)10-6-2-1-3-7-10;1-3-4-2-5(1)3;1-2-3/h1-9H;1-2H;2H,1H3. The second kappa shape index (κ2) is 7.41. The lowest BCUT2D eigenvalue weighted by molar-refractivity contribution is -0.106. The highest BCUT2D eigenvalue weighted by Crippen LogP contribution is 2.26. The van der Waals surface area contributed by atoms with E-state index < -0.39 is 0 Å². The molecule has 4 heteroatoms. The fourth-order valence-electron chi connectivity index (χ4n) is 1.67. The molecule has 0 N–H and O–H groups in total. The number of carbonyl (C=O) groups excluding carboxylic acids is 1. The molecule has 0 amide bonds. The van der Waals surface area contributed by atoms with E-state index in [1.165, 1.54) is 6.92 Å². The first-order valence-electron chi connectivity index (χ1n) is 6.50. The van der Waals surface area contributed by atoms with E-state index in [4.69, 9.17) is 16.4 Å². The first-order valence-corrected chi connectivity index (χ1v) is 6.88. The number of rotatable bonds is 1. The average Bonchev–Trinajstić information content (AvgIpc) is 3.08. The van der Waals surface area contributed by atoms with Crippen LogP contribution in [-0.4, -0.2) is 15.8 Å². The largest absolute Gasteiger partial charge is 0.304 e. The fourth-order valence-corrected chi connectivity index (χ4v) is 1.91. The van der Waals surface area contributed by atoms with Crippen molar-refractivity contribution in [2.24, 2.45) is 0 Å². The summed E-state index contributed by atoms with van der Waals surface area (Å²) in [5.74, 6) is 1.13. The Hall–Kier alpha value is -2.39. The van der Waals surface area contributed by atoms with Crippen molar-refractivity contribution in [3.63, 3.8) is 0 Å². The number of benzene rings is 2. The summed E-state index contributed by atoms with van der Waals surface area (Å²) in [5, 5.41) is 0.800. The van der Waals surface area contributed by atoms with Crippen LogP contribution in [0.15, 0.2) is 67.1 Å². The number of carbonyl (C=O) groups is 1. The topological polar surface area (TPSA) is 34.9 Å². The van der Waals surface area contributed by atoms with E-state index in [2.05, 4.69) is 17.1 Å². The van der Waals surface area contributed by atoms with Crippen LogP contribution in [0.2, 0.25) is 5.02 Å². The molecule has 3 nitrogen and oxygen atoms in total. The summed E-state index contributed by atoms with van der Waals surface area (Å²) in [4.78, 5) is 12.6. The smallest absolute Gasteiger partial charge is 0.156 e. The molecule has 0 unspecified atom stereocenters. The number of aromatic nitrogens is 2. The van der Waals surface area contributed by atoms with E-state index in [9.17, 15) is 0 Å². The summed E-state index contributed by atoms with van der Waals surface area (Å²) in [6, 6.07) is 18.0. The molecule has 2 heterocycles. The Balaban J connectivity index is 0.000000164. The van der Waals surface area contributed by atoms with Crippen LogP contribution in [0.1, 0.15) is 6.92 Å².